The zero-order chi connectivity index (χ0) is 8.74. The molecule has 11 heavy (non-hydrogen) atoms. The van der Waals surface area contributed by atoms with E-state index in [1.165, 1.54) is 0 Å². The van der Waals surface area contributed by atoms with Crippen LogP contribution in [0, 0.1) is 0 Å². The molecule has 0 unspecified atom stereocenters. The van der Waals surface area contributed by atoms with Crippen LogP contribution in [0.4, 0.5) is 0 Å². The Morgan fingerprint density at radius 2 is 1.73 bits per heavy atom. The third-order valence-corrected chi connectivity index (χ3v) is 3.01. The molecule has 0 bridgehead atoms. The average molecular weight is 181 g/mol. The lowest BCUT2D eigenvalue weighted by Crippen LogP contribution is -2.12. The molecule has 0 heterocycles. The molecule has 0 amide bonds. The summed E-state index contributed by atoms with van der Waals surface area (Å²) in [4.78, 5) is 0. The van der Waals surface area contributed by atoms with Gasteiger partial charge in [0.25, 0.3) is 0 Å². The van der Waals surface area contributed by atoms with E-state index in [1.54, 1.807) is 20.9 Å². The van der Waals surface area contributed by atoms with Crippen molar-refractivity contribution < 1.29 is 13.6 Å². The molecule has 1 N–H and O–H groups in total. The summed E-state index contributed by atoms with van der Waals surface area (Å²) in [6.45, 7) is 4.42. The van der Waals surface area contributed by atoms with Crippen molar-refractivity contribution in [1.82, 2.24) is 5.32 Å². The van der Waals surface area contributed by atoms with E-state index < -0.39 is 7.60 Å². The van der Waals surface area contributed by atoms with Gasteiger partial charge in [0.05, 0.1) is 19.5 Å². The summed E-state index contributed by atoms with van der Waals surface area (Å²) < 4.78 is 21.5. The highest BCUT2D eigenvalue weighted by Crippen LogP contribution is 2.46. The van der Waals surface area contributed by atoms with E-state index in [-0.39, 0.29) is 6.29 Å². The molecule has 4 nitrogen and oxygen atoms in total. The molecular weight excluding hydrogens is 165 g/mol. The zero-order valence-electron chi connectivity index (χ0n) is 7.29. The smallest absolute Gasteiger partial charge is 0.309 e. The van der Waals surface area contributed by atoms with Gasteiger partial charge in [0, 0.05) is 0 Å². The maximum Gasteiger partial charge on any atom is 0.344 e. The fourth-order valence-electron chi connectivity index (χ4n) is 0.716. The monoisotopic (exact) mass is 181 g/mol. The molecule has 0 aliphatic heterocycles. The predicted molar refractivity (Wildman–Crippen MR) is 44.8 cm³/mol. The summed E-state index contributed by atoms with van der Waals surface area (Å²) >= 11 is 0. The fraction of sp³-hybridized carbons (Fsp3) is 1.00. The molecule has 5 heteroatoms. The van der Waals surface area contributed by atoms with Gasteiger partial charge in [-0.1, -0.05) is 0 Å². The Balaban J connectivity index is 3.91. The van der Waals surface area contributed by atoms with Crippen molar-refractivity contribution in [1.29, 1.82) is 0 Å². The first-order valence-electron chi connectivity index (χ1n) is 3.71. The number of hydrogen-bond acceptors (Lipinski definition) is 4. The SMILES string of the molecule is CCOP(=O)(CNC)OCC. The number of hydrogen-bond donors (Lipinski definition) is 1. The lowest BCUT2D eigenvalue weighted by Gasteiger charge is -2.15. The highest BCUT2D eigenvalue weighted by atomic mass is 31.2. The summed E-state index contributed by atoms with van der Waals surface area (Å²) in [5.74, 6) is 0. The first kappa shape index (κ1) is 11.1. The van der Waals surface area contributed by atoms with Gasteiger partial charge < -0.3 is 14.4 Å². The first-order chi connectivity index (χ1) is 5.18. The van der Waals surface area contributed by atoms with Gasteiger partial charge in [-0.15, -0.1) is 0 Å². The molecule has 0 saturated heterocycles. The third-order valence-electron chi connectivity index (χ3n) is 1.00. The van der Waals surface area contributed by atoms with Gasteiger partial charge in [-0.2, -0.15) is 0 Å². The Hall–Kier alpha value is 0.110. The summed E-state index contributed by atoms with van der Waals surface area (Å²) in [6.07, 6.45) is 0.272. The summed E-state index contributed by atoms with van der Waals surface area (Å²) in [6, 6.07) is 0. The molecular formula is C6H16NO3P. The van der Waals surface area contributed by atoms with Crippen LogP contribution in [0.1, 0.15) is 13.8 Å². The molecule has 0 rings (SSSR count). The van der Waals surface area contributed by atoms with Gasteiger partial charge in [-0.3, -0.25) is 4.57 Å². The normalized spacial score (nSPS) is 11.9. The van der Waals surface area contributed by atoms with Gasteiger partial charge in [-0.05, 0) is 20.9 Å². The van der Waals surface area contributed by atoms with Crippen molar-refractivity contribution in [3.8, 4) is 0 Å². The zero-order valence-corrected chi connectivity index (χ0v) is 8.19. The highest BCUT2D eigenvalue weighted by molar-refractivity contribution is 7.53. The van der Waals surface area contributed by atoms with Crippen LogP contribution < -0.4 is 5.32 Å². The summed E-state index contributed by atoms with van der Waals surface area (Å²) in [5, 5.41) is 2.76. The van der Waals surface area contributed by atoms with E-state index in [9.17, 15) is 4.57 Å². The van der Waals surface area contributed by atoms with Crippen molar-refractivity contribution in [2.24, 2.45) is 0 Å². The maximum absolute atomic E-state index is 11.5. The largest absolute Gasteiger partial charge is 0.344 e. The predicted octanol–water partition coefficient (Wildman–Crippen LogP) is 1.43. The van der Waals surface area contributed by atoms with Crippen LogP contribution in [-0.2, 0) is 13.6 Å². The minimum absolute atomic E-state index is 0.272. The molecule has 0 aliphatic rings. The Morgan fingerprint density at radius 3 is 2.00 bits per heavy atom. The molecule has 0 aromatic rings. The summed E-state index contributed by atoms with van der Waals surface area (Å²) in [5.41, 5.74) is 0. The van der Waals surface area contributed by atoms with Crippen LogP contribution in [0.2, 0.25) is 0 Å². The Morgan fingerprint density at radius 1 is 1.27 bits per heavy atom. The highest BCUT2D eigenvalue weighted by Gasteiger charge is 2.21. The van der Waals surface area contributed by atoms with Gasteiger partial charge >= 0.3 is 7.60 Å². The molecule has 0 radical (unpaired) electrons. The molecule has 68 valence electrons. The molecule has 0 aromatic carbocycles. The minimum Gasteiger partial charge on any atom is -0.309 e. The quantitative estimate of drug-likeness (QED) is 0.629. The van der Waals surface area contributed by atoms with Crippen molar-refractivity contribution >= 4 is 7.60 Å². The molecule has 0 fully saturated rings. The number of nitrogens with one attached hydrogen (secondary N) is 1. The van der Waals surface area contributed by atoms with Gasteiger partial charge in [0.1, 0.15) is 0 Å². The summed E-state index contributed by atoms with van der Waals surface area (Å²) in [7, 11) is -1.12. The molecule has 0 aromatic heterocycles. The maximum atomic E-state index is 11.5. The standard InChI is InChI=1S/C6H16NO3P/c1-4-9-11(8,6-7-3)10-5-2/h7H,4-6H2,1-3H3. The minimum atomic E-state index is -2.83. The molecule has 0 spiro atoms. The van der Waals surface area contributed by atoms with E-state index in [4.69, 9.17) is 9.05 Å². The molecule has 0 atom stereocenters. The van der Waals surface area contributed by atoms with Crippen LogP contribution in [0.3, 0.4) is 0 Å². The Kier molecular flexibility index (Phi) is 5.78. The van der Waals surface area contributed by atoms with Crippen LogP contribution in [0.5, 0.6) is 0 Å². The lowest BCUT2D eigenvalue weighted by atomic mass is 10.9. The van der Waals surface area contributed by atoms with E-state index in [1.807, 2.05) is 0 Å². The molecule has 0 saturated carbocycles. The Bertz CT molecular complexity index is 116. The van der Waals surface area contributed by atoms with Gasteiger partial charge in [-0.25, -0.2) is 0 Å². The number of rotatable bonds is 6. The Labute approximate surface area is 67.8 Å². The molecule has 0 aliphatic carbocycles. The van der Waals surface area contributed by atoms with Crippen molar-refractivity contribution in [3.63, 3.8) is 0 Å². The second-order valence-electron chi connectivity index (χ2n) is 1.96. The third kappa shape index (κ3) is 4.53. The first-order valence-corrected chi connectivity index (χ1v) is 5.44. The van der Waals surface area contributed by atoms with Crippen molar-refractivity contribution in [2.45, 2.75) is 13.8 Å². The van der Waals surface area contributed by atoms with Gasteiger partial charge in [0.2, 0.25) is 0 Å². The second-order valence-corrected chi connectivity index (χ2v) is 4.01. The van der Waals surface area contributed by atoms with E-state index in [0.717, 1.165) is 0 Å². The van der Waals surface area contributed by atoms with E-state index in [2.05, 4.69) is 5.32 Å². The second kappa shape index (κ2) is 5.72. The van der Waals surface area contributed by atoms with E-state index >= 15 is 0 Å². The average Bonchev–Trinajstić information content (AvgIpc) is 1.88. The van der Waals surface area contributed by atoms with Crippen molar-refractivity contribution in [3.05, 3.63) is 0 Å². The van der Waals surface area contributed by atoms with Crippen LogP contribution in [0.15, 0.2) is 0 Å². The van der Waals surface area contributed by atoms with Crippen LogP contribution >= 0.6 is 7.60 Å². The van der Waals surface area contributed by atoms with Gasteiger partial charge in [0.15, 0.2) is 0 Å². The topological polar surface area (TPSA) is 47.6 Å². The lowest BCUT2D eigenvalue weighted by molar-refractivity contribution is 0.219. The van der Waals surface area contributed by atoms with E-state index in [0.29, 0.717) is 13.2 Å². The van der Waals surface area contributed by atoms with Crippen LogP contribution in [-0.4, -0.2) is 26.5 Å². The fourth-order valence-corrected chi connectivity index (χ4v) is 2.15. The van der Waals surface area contributed by atoms with Crippen LogP contribution in [0.25, 0.3) is 0 Å². The van der Waals surface area contributed by atoms with Crippen molar-refractivity contribution in [2.75, 3.05) is 26.5 Å².